The average Bonchev–Trinajstić information content (AvgIpc) is 2.45. The third-order valence-electron chi connectivity index (χ3n) is 3.42. The normalized spacial score (nSPS) is 10.6. The molecule has 0 saturated carbocycles. The van der Waals surface area contributed by atoms with E-state index in [0.29, 0.717) is 6.54 Å². The molecule has 0 saturated heterocycles. The Morgan fingerprint density at radius 1 is 1.05 bits per heavy atom. The molecule has 0 aromatic heterocycles. The lowest BCUT2D eigenvalue weighted by Crippen LogP contribution is -2.16. The fraction of sp³-hybridized carbons (Fsp3) is 0.294. The van der Waals surface area contributed by atoms with Crippen molar-refractivity contribution < 1.29 is 0 Å². The van der Waals surface area contributed by atoms with E-state index >= 15 is 0 Å². The molecule has 0 aliphatic carbocycles. The predicted octanol–water partition coefficient (Wildman–Crippen LogP) is 4.42. The second-order valence-corrected chi connectivity index (χ2v) is 5.75. The summed E-state index contributed by atoms with van der Waals surface area (Å²) < 4.78 is 1.13. The first-order valence-electron chi connectivity index (χ1n) is 6.98. The summed E-state index contributed by atoms with van der Waals surface area (Å²) >= 11 is 3.65. The largest absolute Gasteiger partial charge is 0.342 e. The maximum atomic E-state index is 5.63. The Morgan fingerprint density at radius 2 is 1.70 bits per heavy atom. The van der Waals surface area contributed by atoms with E-state index in [0.717, 1.165) is 17.4 Å². The van der Waals surface area contributed by atoms with Gasteiger partial charge in [0.25, 0.3) is 0 Å². The molecular weight excluding hydrogens is 312 g/mol. The predicted molar refractivity (Wildman–Crippen MR) is 90.8 cm³/mol. The molecule has 2 aromatic carbocycles. The van der Waals surface area contributed by atoms with Gasteiger partial charge in [0.05, 0.1) is 0 Å². The highest BCUT2D eigenvalue weighted by Crippen LogP contribution is 2.29. The van der Waals surface area contributed by atoms with Crippen molar-refractivity contribution in [3.8, 4) is 0 Å². The molecule has 0 fully saturated rings. The highest BCUT2D eigenvalue weighted by molar-refractivity contribution is 9.10. The minimum Gasteiger partial charge on any atom is -0.342 e. The molecule has 0 spiro atoms. The summed E-state index contributed by atoms with van der Waals surface area (Å²) in [5.74, 6) is 0. The number of benzene rings is 2. The van der Waals surface area contributed by atoms with Gasteiger partial charge in [-0.1, -0.05) is 39.7 Å². The molecule has 0 bridgehead atoms. The summed E-state index contributed by atoms with van der Waals surface area (Å²) in [6.45, 7) is 5.89. The Labute approximate surface area is 129 Å². The zero-order chi connectivity index (χ0) is 14.5. The smallest absolute Gasteiger partial charge is 0.0422 e. The molecule has 2 N–H and O–H groups in total. The summed E-state index contributed by atoms with van der Waals surface area (Å²) in [7, 11) is 0. The fourth-order valence-corrected chi connectivity index (χ4v) is 2.87. The van der Waals surface area contributed by atoms with Crippen LogP contribution in [0.25, 0.3) is 0 Å². The number of halogens is 1. The molecule has 0 unspecified atom stereocenters. The van der Waals surface area contributed by atoms with E-state index in [-0.39, 0.29) is 0 Å². The Morgan fingerprint density at radius 3 is 2.25 bits per heavy atom. The number of anilines is 2. The zero-order valence-electron chi connectivity index (χ0n) is 12.1. The van der Waals surface area contributed by atoms with Crippen LogP contribution in [0, 0.1) is 6.92 Å². The highest BCUT2D eigenvalue weighted by atomic mass is 79.9. The second kappa shape index (κ2) is 6.91. The molecule has 2 rings (SSSR count). The van der Waals surface area contributed by atoms with Crippen molar-refractivity contribution in [3.05, 3.63) is 58.1 Å². The second-order valence-electron chi connectivity index (χ2n) is 4.89. The monoisotopic (exact) mass is 332 g/mol. The molecule has 20 heavy (non-hydrogen) atoms. The van der Waals surface area contributed by atoms with Gasteiger partial charge in [-0.15, -0.1) is 0 Å². The van der Waals surface area contributed by atoms with Crippen LogP contribution in [0.2, 0.25) is 0 Å². The first-order valence-corrected chi connectivity index (χ1v) is 7.77. The van der Waals surface area contributed by atoms with E-state index in [1.165, 1.54) is 22.5 Å². The van der Waals surface area contributed by atoms with Gasteiger partial charge < -0.3 is 10.6 Å². The molecule has 0 aliphatic heterocycles. The highest BCUT2D eigenvalue weighted by Gasteiger charge is 2.09. The first kappa shape index (κ1) is 15.1. The SMILES string of the molecule is CCN(c1ccc(C)cc1)c1ccc(CCN)c(Br)c1. The minimum absolute atomic E-state index is 0.674. The average molecular weight is 333 g/mol. The number of rotatable bonds is 5. The van der Waals surface area contributed by atoms with Gasteiger partial charge in [-0.05, 0) is 56.6 Å². The van der Waals surface area contributed by atoms with Gasteiger partial charge in [-0.25, -0.2) is 0 Å². The number of aryl methyl sites for hydroxylation is 1. The van der Waals surface area contributed by atoms with Crippen LogP contribution >= 0.6 is 15.9 Å². The lowest BCUT2D eigenvalue weighted by atomic mass is 10.1. The number of hydrogen-bond acceptors (Lipinski definition) is 2. The van der Waals surface area contributed by atoms with Gasteiger partial charge in [0.1, 0.15) is 0 Å². The van der Waals surface area contributed by atoms with Crippen LogP contribution in [0.3, 0.4) is 0 Å². The van der Waals surface area contributed by atoms with Crippen molar-refractivity contribution in [2.24, 2.45) is 5.73 Å². The molecule has 0 heterocycles. The van der Waals surface area contributed by atoms with Crippen LogP contribution in [0.1, 0.15) is 18.1 Å². The lowest BCUT2D eigenvalue weighted by molar-refractivity contribution is 0.959. The van der Waals surface area contributed by atoms with Gasteiger partial charge in [0.2, 0.25) is 0 Å². The van der Waals surface area contributed by atoms with E-state index in [4.69, 9.17) is 5.73 Å². The van der Waals surface area contributed by atoms with Crippen molar-refractivity contribution in [1.82, 2.24) is 0 Å². The summed E-state index contributed by atoms with van der Waals surface area (Å²) in [6, 6.07) is 15.1. The summed E-state index contributed by atoms with van der Waals surface area (Å²) in [6.07, 6.45) is 0.900. The number of nitrogens with two attached hydrogens (primary N) is 1. The molecule has 0 radical (unpaired) electrons. The van der Waals surface area contributed by atoms with Crippen molar-refractivity contribution >= 4 is 27.3 Å². The third-order valence-corrected chi connectivity index (χ3v) is 4.16. The van der Waals surface area contributed by atoms with E-state index in [1.54, 1.807) is 0 Å². The maximum absolute atomic E-state index is 5.63. The van der Waals surface area contributed by atoms with Crippen molar-refractivity contribution in [3.63, 3.8) is 0 Å². The van der Waals surface area contributed by atoms with Crippen LogP contribution in [0.15, 0.2) is 46.9 Å². The van der Waals surface area contributed by atoms with Gasteiger partial charge >= 0.3 is 0 Å². The first-order chi connectivity index (χ1) is 9.65. The Bertz CT molecular complexity index is 564. The summed E-state index contributed by atoms with van der Waals surface area (Å²) in [4.78, 5) is 2.30. The van der Waals surface area contributed by atoms with Crippen molar-refractivity contribution in [2.45, 2.75) is 20.3 Å². The fourth-order valence-electron chi connectivity index (χ4n) is 2.30. The summed E-state index contributed by atoms with van der Waals surface area (Å²) in [5.41, 5.74) is 10.6. The minimum atomic E-state index is 0.674. The van der Waals surface area contributed by atoms with Crippen LogP contribution in [0.5, 0.6) is 0 Å². The van der Waals surface area contributed by atoms with Crippen LogP contribution in [-0.2, 0) is 6.42 Å². The molecule has 3 heteroatoms. The molecule has 0 atom stereocenters. The van der Waals surface area contributed by atoms with E-state index in [2.05, 4.69) is 77.1 Å². The quantitative estimate of drug-likeness (QED) is 0.878. The molecule has 0 amide bonds. The number of hydrogen-bond donors (Lipinski definition) is 1. The Balaban J connectivity index is 2.32. The standard InChI is InChI=1S/C17H21BrN2/c1-3-20(15-7-4-13(2)5-8-15)16-9-6-14(10-11-19)17(18)12-16/h4-9,12H,3,10-11,19H2,1-2H3. The van der Waals surface area contributed by atoms with E-state index < -0.39 is 0 Å². The van der Waals surface area contributed by atoms with Gasteiger partial charge in [0.15, 0.2) is 0 Å². The van der Waals surface area contributed by atoms with Gasteiger partial charge in [0, 0.05) is 22.4 Å². The summed E-state index contributed by atoms with van der Waals surface area (Å²) in [5, 5.41) is 0. The van der Waals surface area contributed by atoms with Gasteiger partial charge in [-0.3, -0.25) is 0 Å². The molecule has 106 valence electrons. The molecule has 0 aliphatic rings. The van der Waals surface area contributed by atoms with Crippen molar-refractivity contribution in [1.29, 1.82) is 0 Å². The Hall–Kier alpha value is -1.32. The molecular formula is C17H21BrN2. The van der Waals surface area contributed by atoms with Crippen LogP contribution < -0.4 is 10.6 Å². The van der Waals surface area contributed by atoms with E-state index in [9.17, 15) is 0 Å². The van der Waals surface area contributed by atoms with Crippen molar-refractivity contribution in [2.75, 3.05) is 18.0 Å². The van der Waals surface area contributed by atoms with Crippen LogP contribution in [0.4, 0.5) is 11.4 Å². The Kier molecular flexibility index (Phi) is 5.21. The molecule has 2 aromatic rings. The topological polar surface area (TPSA) is 29.3 Å². The zero-order valence-corrected chi connectivity index (χ0v) is 13.7. The lowest BCUT2D eigenvalue weighted by Gasteiger charge is -2.24. The maximum Gasteiger partial charge on any atom is 0.0422 e. The van der Waals surface area contributed by atoms with E-state index in [1.807, 2.05) is 0 Å². The number of nitrogens with zero attached hydrogens (tertiary/aromatic N) is 1. The molecule has 2 nitrogen and oxygen atoms in total. The van der Waals surface area contributed by atoms with Crippen LogP contribution in [-0.4, -0.2) is 13.1 Å². The third kappa shape index (κ3) is 3.41. The van der Waals surface area contributed by atoms with Gasteiger partial charge in [-0.2, -0.15) is 0 Å².